The molecule has 3 aromatic rings. The van der Waals surface area contributed by atoms with Crippen LogP contribution in [0.1, 0.15) is 51.6 Å². The lowest BCUT2D eigenvalue weighted by Crippen LogP contribution is -2.32. The van der Waals surface area contributed by atoms with Crippen LogP contribution in [-0.2, 0) is 9.53 Å². The zero-order valence-electron chi connectivity index (χ0n) is 16.5. The fraction of sp³-hybridized carbons (Fsp3) is 0.227. The van der Waals surface area contributed by atoms with Gasteiger partial charge in [-0.3, -0.25) is 24.1 Å². The molecule has 1 atom stereocenters. The molecule has 0 spiro atoms. The number of nitrogens with one attached hydrogen (secondary N) is 1. The number of carbonyl (C=O) groups excluding carboxylic acids is 3. The molecule has 1 aromatic heterocycles. The average Bonchev–Trinajstić information content (AvgIpc) is 2.95. The number of nitrogens with zero attached hydrogens (tertiary/aromatic N) is 2. The van der Waals surface area contributed by atoms with Gasteiger partial charge in [-0.2, -0.15) is 0 Å². The van der Waals surface area contributed by atoms with E-state index >= 15 is 0 Å². The molecule has 152 valence electrons. The minimum atomic E-state index is -0.792. The first-order chi connectivity index (χ1) is 14.3. The molecule has 2 heterocycles. The Hall–Kier alpha value is -3.81. The van der Waals surface area contributed by atoms with Gasteiger partial charge in [-0.05, 0) is 38.1 Å². The van der Waals surface area contributed by atoms with Gasteiger partial charge in [0.1, 0.15) is 0 Å². The Morgan fingerprint density at radius 3 is 2.63 bits per heavy atom. The van der Waals surface area contributed by atoms with Crippen LogP contribution in [0.3, 0.4) is 0 Å². The molecule has 1 N–H and O–H groups in total. The van der Waals surface area contributed by atoms with Crippen molar-refractivity contribution in [2.75, 3.05) is 6.54 Å². The monoisotopic (exact) mass is 405 g/mol. The smallest absolute Gasteiger partial charge is 0.308 e. The van der Waals surface area contributed by atoms with Crippen LogP contribution < -0.4 is 5.56 Å². The van der Waals surface area contributed by atoms with Gasteiger partial charge in [-0.1, -0.05) is 23.8 Å². The SMILES string of the molecule is Cc1ccc2c(c1)C(=O)N(CCC(=O)OC(C)c1nc3ccccc3c(=O)[nH]1)C2=O. The largest absolute Gasteiger partial charge is 0.454 e. The van der Waals surface area contributed by atoms with Crippen molar-refractivity contribution < 1.29 is 19.1 Å². The molecule has 0 aliphatic carbocycles. The van der Waals surface area contributed by atoms with Crippen molar-refractivity contribution >= 4 is 28.7 Å². The van der Waals surface area contributed by atoms with E-state index < -0.39 is 23.9 Å². The minimum absolute atomic E-state index is 0.0847. The standard InChI is InChI=1S/C22H19N3O5/c1-12-7-8-14-16(11-12)22(29)25(21(14)28)10-9-18(26)30-13(2)19-23-17-6-4-3-5-15(17)20(27)24-19/h3-8,11,13H,9-10H2,1-2H3,(H,23,24,27). The molecule has 0 radical (unpaired) electrons. The molecule has 2 aromatic carbocycles. The minimum Gasteiger partial charge on any atom is -0.454 e. The molecule has 0 saturated carbocycles. The maximum absolute atomic E-state index is 12.5. The van der Waals surface area contributed by atoms with Gasteiger partial charge in [-0.25, -0.2) is 4.98 Å². The maximum Gasteiger partial charge on any atom is 0.308 e. The number of H-pyrrole nitrogens is 1. The molecule has 0 fully saturated rings. The number of aryl methyl sites for hydroxylation is 1. The van der Waals surface area contributed by atoms with Gasteiger partial charge < -0.3 is 9.72 Å². The number of ether oxygens (including phenoxy) is 1. The second kappa shape index (κ2) is 7.55. The highest BCUT2D eigenvalue weighted by Gasteiger charge is 2.35. The predicted octanol–water partition coefficient (Wildman–Crippen LogP) is 2.52. The number of aromatic amines is 1. The lowest BCUT2D eigenvalue weighted by Gasteiger charge is -2.16. The number of benzene rings is 2. The third-order valence-electron chi connectivity index (χ3n) is 4.99. The van der Waals surface area contributed by atoms with Crippen molar-refractivity contribution in [1.29, 1.82) is 0 Å². The molecule has 8 heteroatoms. The van der Waals surface area contributed by atoms with E-state index in [4.69, 9.17) is 4.74 Å². The molecule has 30 heavy (non-hydrogen) atoms. The van der Waals surface area contributed by atoms with E-state index in [1.54, 1.807) is 49.4 Å². The first-order valence-corrected chi connectivity index (χ1v) is 9.50. The van der Waals surface area contributed by atoms with Gasteiger partial charge in [0.25, 0.3) is 17.4 Å². The van der Waals surface area contributed by atoms with Crippen LogP contribution >= 0.6 is 0 Å². The van der Waals surface area contributed by atoms with Crippen molar-refractivity contribution in [3.8, 4) is 0 Å². The molecule has 0 saturated heterocycles. The van der Waals surface area contributed by atoms with Gasteiger partial charge in [0.15, 0.2) is 11.9 Å². The lowest BCUT2D eigenvalue weighted by molar-refractivity contribution is -0.149. The summed E-state index contributed by atoms with van der Waals surface area (Å²) in [6.45, 7) is 3.35. The Morgan fingerprint density at radius 2 is 1.83 bits per heavy atom. The van der Waals surface area contributed by atoms with Crippen molar-refractivity contribution in [2.24, 2.45) is 0 Å². The van der Waals surface area contributed by atoms with E-state index in [-0.39, 0.29) is 24.3 Å². The molecule has 4 rings (SSSR count). The highest BCUT2D eigenvalue weighted by atomic mass is 16.5. The fourth-order valence-electron chi connectivity index (χ4n) is 3.42. The van der Waals surface area contributed by atoms with Gasteiger partial charge >= 0.3 is 5.97 Å². The second-order valence-electron chi connectivity index (χ2n) is 7.16. The zero-order chi connectivity index (χ0) is 21.4. The van der Waals surface area contributed by atoms with E-state index in [0.29, 0.717) is 22.0 Å². The third kappa shape index (κ3) is 3.47. The van der Waals surface area contributed by atoms with Crippen LogP contribution in [0.4, 0.5) is 0 Å². The lowest BCUT2D eigenvalue weighted by atomic mass is 10.1. The van der Waals surface area contributed by atoms with Crippen molar-refractivity contribution in [3.63, 3.8) is 0 Å². The number of imide groups is 1. The molecule has 8 nitrogen and oxygen atoms in total. The summed E-state index contributed by atoms with van der Waals surface area (Å²) in [7, 11) is 0. The fourth-order valence-corrected chi connectivity index (χ4v) is 3.42. The van der Waals surface area contributed by atoms with Crippen LogP contribution in [0.2, 0.25) is 0 Å². The molecular weight excluding hydrogens is 386 g/mol. The molecule has 1 aliphatic rings. The van der Waals surface area contributed by atoms with Crippen molar-refractivity contribution in [3.05, 3.63) is 75.3 Å². The topological polar surface area (TPSA) is 109 Å². The number of rotatable bonds is 5. The van der Waals surface area contributed by atoms with Crippen LogP contribution in [0, 0.1) is 6.92 Å². The van der Waals surface area contributed by atoms with Crippen LogP contribution in [0.15, 0.2) is 47.3 Å². The number of para-hydroxylation sites is 1. The number of amides is 2. The van der Waals surface area contributed by atoms with Gasteiger partial charge in [0.2, 0.25) is 0 Å². The van der Waals surface area contributed by atoms with Crippen LogP contribution in [0.25, 0.3) is 10.9 Å². The number of esters is 1. The van der Waals surface area contributed by atoms with Gasteiger partial charge in [-0.15, -0.1) is 0 Å². The van der Waals surface area contributed by atoms with Gasteiger partial charge in [0.05, 0.1) is 28.5 Å². The molecule has 1 aliphatic heterocycles. The maximum atomic E-state index is 12.5. The Morgan fingerprint density at radius 1 is 1.10 bits per heavy atom. The molecular formula is C22H19N3O5. The number of aromatic nitrogens is 2. The van der Waals surface area contributed by atoms with E-state index in [0.717, 1.165) is 10.5 Å². The van der Waals surface area contributed by atoms with Crippen molar-refractivity contribution in [2.45, 2.75) is 26.4 Å². The van der Waals surface area contributed by atoms with Crippen molar-refractivity contribution in [1.82, 2.24) is 14.9 Å². The summed E-state index contributed by atoms with van der Waals surface area (Å²) in [4.78, 5) is 57.4. The summed E-state index contributed by atoms with van der Waals surface area (Å²) in [5.41, 5.74) is 1.74. The first kappa shape index (κ1) is 19.5. The average molecular weight is 405 g/mol. The predicted molar refractivity (Wildman–Crippen MR) is 108 cm³/mol. The van der Waals surface area contributed by atoms with Crippen LogP contribution in [0.5, 0.6) is 0 Å². The Balaban J connectivity index is 1.41. The third-order valence-corrected chi connectivity index (χ3v) is 4.99. The summed E-state index contributed by atoms with van der Waals surface area (Å²) < 4.78 is 5.35. The summed E-state index contributed by atoms with van der Waals surface area (Å²) in [5, 5.41) is 0.445. The molecule has 2 amide bonds. The Bertz CT molecular complexity index is 1250. The van der Waals surface area contributed by atoms with Gasteiger partial charge in [0, 0.05) is 6.54 Å². The molecule has 0 bridgehead atoms. The quantitative estimate of drug-likeness (QED) is 0.516. The number of hydrogen-bond donors (Lipinski definition) is 1. The summed E-state index contributed by atoms with van der Waals surface area (Å²) in [5.74, 6) is -1.22. The van der Waals surface area contributed by atoms with Crippen LogP contribution in [-0.4, -0.2) is 39.2 Å². The normalized spacial score (nSPS) is 14.1. The summed E-state index contributed by atoms with van der Waals surface area (Å²) in [6, 6.07) is 11.9. The first-order valence-electron chi connectivity index (χ1n) is 9.50. The van der Waals surface area contributed by atoms with E-state index in [1.165, 1.54) is 0 Å². The summed E-state index contributed by atoms with van der Waals surface area (Å²) >= 11 is 0. The van der Waals surface area contributed by atoms with E-state index in [1.807, 2.05) is 6.92 Å². The highest BCUT2D eigenvalue weighted by Crippen LogP contribution is 2.24. The Labute approximate surface area is 171 Å². The second-order valence-corrected chi connectivity index (χ2v) is 7.16. The zero-order valence-corrected chi connectivity index (χ0v) is 16.5. The number of carbonyl (C=O) groups is 3. The molecule has 1 unspecified atom stereocenters. The number of hydrogen-bond acceptors (Lipinski definition) is 6. The van der Waals surface area contributed by atoms with E-state index in [2.05, 4.69) is 9.97 Å². The number of fused-ring (bicyclic) bond motifs is 2. The highest BCUT2D eigenvalue weighted by molar-refractivity contribution is 6.21. The van der Waals surface area contributed by atoms with E-state index in [9.17, 15) is 19.2 Å². The Kier molecular flexibility index (Phi) is 4.91. The summed E-state index contributed by atoms with van der Waals surface area (Å²) in [6.07, 6.45) is -0.952.